The number of rotatable bonds is 7. The van der Waals surface area contributed by atoms with Gasteiger partial charge in [0.2, 0.25) is 0 Å². The Labute approximate surface area is 111 Å². The van der Waals surface area contributed by atoms with Gasteiger partial charge in [0.1, 0.15) is 0 Å². The predicted molar refractivity (Wildman–Crippen MR) is 73.2 cm³/mol. The van der Waals surface area contributed by atoms with Crippen molar-refractivity contribution in [3.05, 3.63) is 0 Å². The molecule has 0 unspecified atom stereocenters. The molecular weight excluding hydrogens is 226 g/mol. The summed E-state index contributed by atoms with van der Waals surface area (Å²) in [5, 5.41) is 17.8. The third kappa shape index (κ3) is 5.81. The molecule has 1 fully saturated rings. The van der Waals surface area contributed by atoms with Crippen molar-refractivity contribution in [2.45, 2.75) is 33.1 Å². The molecule has 1 saturated heterocycles. The number of nitrogens with zero attached hydrogens (tertiary/aromatic N) is 3. The third-order valence-corrected chi connectivity index (χ3v) is 3.71. The monoisotopic (exact) mass is 253 g/mol. The van der Waals surface area contributed by atoms with Crippen molar-refractivity contribution in [2.24, 2.45) is 5.41 Å². The maximum absolute atomic E-state index is 8.94. The van der Waals surface area contributed by atoms with Gasteiger partial charge in [0.15, 0.2) is 0 Å². The number of piperazine rings is 1. The van der Waals surface area contributed by atoms with Crippen LogP contribution >= 0.6 is 0 Å². The van der Waals surface area contributed by atoms with E-state index in [0.29, 0.717) is 0 Å². The smallest absolute Gasteiger partial charge is 0.0683 e. The van der Waals surface area contributed by atoms with Crippen LogP contribution in [0.25, 0.3) is 0 Å². The third-order valence-electron chi connectivity index (χ3n) is 3.71. The van der Waals surface area contributed by atoms with Crippen LogP contribution in [0.15, 0.2) is 0 Å². The van der Waals surface area contributed by atoms with Crippen LogP contribution in [0.3, 0.4) is 0 Å². The van der Waals surface area contributed by atoms with Gasteiger partial charge in [0, 0.05) is 32.7 Å². The van der Waals surface area contributed by atoms with Gasteiger partial charge in [-0.05, 0) is 33.2 Å². The number of aliphatic hydroxyl groups excluding tert-OH is 1. The van der Waals surface area contributed by atoms with Crippen molar-refractivity contribution in [1.29, 1.82) is 5.26 Å². The van der Waals surface area contributed by atoms with Crippen molar-refractivity contribution in [3.8, 4) is 6.07 Å². The van der Waals surface area contributed by atoms with E-state index >= 15 is 0 Å². The standard InChI is InChI=1S/C14H27N3O/c1-14(2,13-15)5-3-4-6-16-7-9-17(10-8-16)11-12-18/h18H,3-12H2,1-2H3. The Hall–Kier alpha value is -0.630. The molecule has 0 aromatic rings. The molecule has 1 heterocycles. The lowest BCUT2D eigenvalue weighted by atomic mass is 9.89. The van der Waals surface area contributed by atoms with Gasteiger partial charge in [-0.15, -0.1) is 0 Å². The van der Waals surface area contributed by atoms with Crippen LogP contribution in [-0.4, -0.2) is 60.8 Å². The summed E-state index contributed by atoms with van der Waals surface area (Å²) < 4.78 is 0. The Balaban J connectivity index is 2.06. The van der Waals surface area contributed by atoms with E-state index < -0.39 is 0 Å². The molecule has 0 saturated carbocycles. The Morgan fingerprint density at radius 1 is 1.06 bits per heavy atom. The lowest BCUT2D eigenvalue weighted by Gasteiger charge is -2.34. The fraction of sp³-hybridized carbons (Fsp3) is 0.929. The first-order valence-electron chi connectivity index (χ1n) is 7.04. The molecule has 0 aromatic carbocycles. The number of unbranched alkanes of at least 4 members (excludes halogenated alkanes) is 1. The van der Waals surface area contributed by atoms with Crippen molar-refractivity contribution in [1.82, 2.24) is 9.80 Å². The molecule has 0 bridgehead atoms. The predicted octanol–water partition coefficient (Wildman–Crippen LogP) is 1.32. The van der Waals surface area contributed by atoms with Gasteiger partial charge >= 0.3 is 0 Å². The second kappa shape index (κ2) is 7.73. The molecule has 1 aliphatic heterocycles. The van der Waals surface area contributed by atoms with Gasteiger partial charge < -0.3 is 10.0 Å². The Morgan fingerprint density at radius 2 is 1.61 bits per heavy atom. The van der Waals surface area contributed by atoms with E-state index in [4.69, 9.17) is 10.4 Å². The minimum Gasteiger partial charge on any atom is -0.395 e. The van der Waals surface area contributed by atoms with Gasteiger partial charge in [0.25, 0.3) is 0 Å². The van der Waals surface area contributed by atoms with E-state index in [0.717, 1.165) is 52.1 Å². The van der Waals surface area contributed by atoms with Crippen LogP contribution in [0.4, 0.5) is 0 Å². The zero-order chi connectivity index (χ0) is 13.4. The van der Waals surface area contributed by atoms with E-state index in [1.165, 1.54) is 6.42 Å². The van der Waals surface area contributed by atoms with Crippen LogP contribution < -0.4 is 0 Å². The highest BCUT2D eigenvalue weighted by Crippen LogP contribution is 2.21. The van der Waals surface area contributed by atoms with E-state index in [-0.39, 0.29) is 12.0 Å². The molecule has 0 amide bonds. The largest absolute Gasteiger partial charge is 0.395 e. The summed E-state index contributed by atoms with van der Waals surface area (Å²) in [5.74, 6) is 0. The number of hydrogen-bond acceptors (Lipinski definition) is 4. The van der Waals surface area contributed by atoms with Crippen LogP contribution in [0.5, 0.6) is 0 Å². The summed E-state index contributed by atoms with van der Waals surface area (Å²) in [7, 11) is 0. The molecule has 4 heteroatoms. The SMILES string of the molecule is CC(C)(C#N)CCCCN1CCN(CCO)CC1. The highest BCUT2D eigenvalue weighted by molar-refractivity contribution is 4.91. The molecule has 4 nitrogen and oxygen atoms in total. The van der Waals surface area contributed by atoms with Crippen LogP contribution in [0, 0.1) is 16.7 Å². The summed E-state index contributed by atoms with van der Waals surface area (Å²) >= 11 is 0. The fourth-order valence-electron chi connectivity index (χ4n) is 2.34. The molecular formula is C14H27N3O. The van der Waals surface area contributed by atoms with Crippen LogP contribution in [-0.2, 0) is 0 Å². The maximum atomic E-state index is 8.94. The van der Waals surface area contributed by atoms with Crippen LogP contribution in [0.2, 0.25) is 0 Å². The first-order valence-corrected chi connectivity index (χ1v) is 7.04. The van der Waals surface area contributed by atoms with Crippen LogP contribution in [0.1, 0.15) is 33.1 Å². The molecule has 0 aromatic heterocycles. The Morgan fingerprint density at radius 3 is 2.11 bits per heavy atom. The zero-order valence-electron chi connectivity index (χ0n) is 11.9. The summed E-state index contributed by atoms with van der Waals surface area (Å²) in [5.41, 5.74) is -0.167. The van der Waals surface area contributed by atoms with E-state index in [1.807, 2.05) is 13.8 Å². The van der Waals surface area contributed by atoms with Crippen molar-refractivity contribution < 1.29 is 5.11 Å². The molecule has 1 aliphatic rings. The zero-order valence-corrected chi connectivity index (χ0v) is 11.9. The molecule has 0 atom stereocenters. The van der Waals surface area contributed by atoms with Crippen molar-refractivity contribution in [2.75, 3.05) is 45.9 Å². The fourth-order valence-corrected chi connectivity index (χ4v) is 2.34. The average molecular weight is 253 g/mol. The normalized spacial score (nSPS) is 18.8. The molecule has 0 spiro atoms. The number of β-amino-alcohol motifs (C(OH)–C–C–N with tert-alkyl or cyclic N) is 1. The number of hydrogen-bond donors (Lipinski definition) is 1. The highest BCUT2D eigenvalue weighted by Gasteiger charge is 2.18. The van der Waals surface area contributed by atoms with E-state index in [1.54, 1.807) is 0 Å². The number of aliphatic hydroxyl groups is 1. The van der Waals surface area contributed by atoms with Gasteiger partial charge in [0.05, 0.1) is 18.1 Å². The summed E-state index contributed by atoms with van der Waals surface area (Å²) in [6.45, 7) is 10.6. The molecule has 18 heavy (non-hydrogen) atoms. The molecule has 0 radical (unpaired) electrons. The topological polar surface area (TPSA) is 50.5 Å². The summed E-state index contributed by atoms with van der Waals surface area (Å²) in [6.07, 6.45) is 3.32. The lowest BCUT2D eigenvalue weighted by Crippen LogP contribution is -2.47. The first-order chi connectivity index (χ1) is 8.57. The summed E-state index contributed by atoms with van der Waals surface area (Å²) in [6, 6.07) is 2.36. The first kappa shape index (κ1) is 15.4. The van der Waals surface area contributed by atoms with Gasteiger partial charge in [-0.25, -0.2) is 0 Å². The van der Waals surface area contributed by atoms with Gasteiger partial charge in [-0.1, -0.05) is 6.42 Å². The van der Waals surface area contributed by atoms with Gasteiger partial charge in [-0.2, -0.15) is 5.26 Å². The average Bonchev–Trinajstić information content (AvgIpc) is 2.37. The second-order valence-electron chi connectivity index (χ2n) is 5.86. The molecule has 1 N–H and O–H groups in total. The molecule has 1 rings (SSSR count). The Bertz CT molecular complexity index is 265. The van der Waals surface area contributed by atoms with E-state index in [9.17, 15) is 0 Å². The highest BCUT2D eigenvalue weighted by atomic mass is 16.3. The quantitative estimate of drug-likeness (QED) is 0.695. The second-order valence-corrected chi connectivity index (χ2v) is 5.86. The van der Waals surface area contributed by atoms with Gasteiger partial charge in [-0.3, -0.25) is 4.90 Å². The van der Waals surface area contributed by atoms with Crippen molar-refractivity contribution >= 4 is 0 Å². The minimum atomic E-state index is -0.167. The molecule has 104 valence electrons. The lowest BCUT2D eigenvalue weighted by molar-refractivity contribution is 0.111. The van der Waals surface area contributed by atoms with Crippen molar-refractivity contribution in [3.63, 3.8) is 0 Å². The Kier molecular flexibility index (Phi) is 6.62. The minimum absolute atomic E-state index is 0.167. The molecule has 0 aliphatic carbocycles. The number of nitriles is 1. The van der Waals surface area contributed by atoms with E-state index in [2.05, 4.69) is 15.9 Å². The maximum Gasteiger partial charge on any atom is 0.0683 e. The summed E-state index contributed by atoms with van der Waals surface area (Å²) in [4.78, 5) is 4.81.